The molecule has 2 rings (SSSR count). The Labute approximate surface area is 252 Å². The Morgan fingerprint density at radius 1 is 1.00 bits per heavy atom. The molecular formula is C31H59NO10. The summed E-state index contributed by atoms with van der Waals surface area (Å²) in [4.78, 5) is 15.7. The van der Waals surface area contributed by atoms with E-state index in [9.17, 15) is 25.2 Å². The van der Waals surface area contributed by atoms with E-state index in [0.717, 1.165) is 0 Å². The van der Waals surface area contributed by atoms with Crippen molar-refractivity contribution in [3.63, 3.8) is 0 Å². The molecule has 0 aromatic rings. The van der Waals surface area contributed by atoms with Gasteiger partial charge in [0, 0.05) is 39.1 Å². The van der Waals surface area contributed by atoms with Gasteiger partial charge in [-0.2, -0.15) is 0 Å². The summed E-state index contributed by atoms with van der Waals surface area (Å²) in [6.45, 7) is 16.4. The number of ether oxygens (including phenoxy) is 5. The van der Waals surface area contributed by atoms with Gasteiger partial charge < -0.3 is 49.0 Å². The Balaban J connectivity index is 2.58. The number of likely N-dealkylation sites (N-methyl/N-ethyl adjacent to an activating group) is 1. The molecular weight excluding hydrogens is 546 g/mol. The minimum Gasteiger partial charge on any atom is -0.459 e. The first-order chi connectivity index (χ1) is 19.3. The van der Waals surface area contributed by atoms with Crippen LogP contribution in [0.2, 0.25) is 0 Å². The van der Waals surface area contributed by atoms with Crippen LogP contribution in [0.25, 0.3) is 0 Å². The van der Waals surface area contributed by atoms with Crippen LogP contribution in [0.3, 0.4) is 0 Å². The van der Waals surface area contributed by atoms with Crippen LogP contribution in [-0.4, -0.2) is 125 Å². The Kier molecular flexibility index (Phi) is 12.9. The lowest BCUT2D eigenvalue weighted by Crippen LogP contribution is -2.59. The molecule has 14 atom stereocenters. The number of aliphatic hydroxyl groups is 4. The number of methoxy groups -OCH3 is 2. The van der Waals surface area contributed by atoms with Crippen molar-refractivity contribution in [1.82, 2.24) is 4.90 Å². The molecule has 2 aliphatic heterocycles. The van der Waals surface area contributed by atoms with Crippen molar-refractivity contribution in [3.05, 3.63) is 0 Å². The van der Waals surface area contributed by atoms with Crippen molar-refractivity contribution < 1.29 is 48.9 Å². The number of cyclic esters (lactones) is 1. The zero-order valence-corrected chi connectivity index (χ0v) is 27.9. The number of aliphatic hydroxyl groups excluding tert-OH is 2. The first kappa shape index (κ1) is 37.3. The number of carbonyl (C=O) groups excluding carboxylic acids is 1. The van der Waals surface area contributed by atoms with Gasteiger partial charge in [0.15, 0.2) is 6.29 Å². The van der Waals surface area contributed by atoms with E-state index < -0.39 is 83.6 Å². The number of hydrogen-bond acceptors (Lipinski definition) is 11. The zero-order chi connectivity index (χ0) is 32.4. The van der Waals surface area contributed by atoms with Crippen LogP contribution in [0.15, 0.2) is 0 Å². The van der Waals surface area contributed by atoms with Crippen LogP contribution in [-0.2, 0) is 28.5 Å². The SMILES string of the molecule is CC[C@H]1OC(=O)[C@H](C)[C@@H](OC2C[C@@](C)(OC)[C@@H](O)[C@H](C)O2)[C@H](C)[C@@H](OC)[C@](C)(O)C[C@@H](C)CN(C)[C@H](C)[C@@H](O)[C@]1(C)O. The summed E-state index contributed by atoms with van der Waals surface area (Å²) in [5.41, 5.74) is -3.99. The molecule has 2 fully saturated rings. The normalized spacial score (nSPS) is 49.1. The second-order valence-corrected chi connectivity index (χ2v) is 13.7. The van der Waals surface area contributed by atoms with Gasteiger partial charge >= 0.3 is 5.97 Å². The molecule has 248 valence electrons. The number of rotatable bonds is 5. The molecule has 2 heterocycles. The van der Waals surface area contributed by atoms with E-state index in [4.69, 9.17) is 23.7 Å². The Bertz CT molecular complexity index is 871. The highest BCUT2D eigenvalue weighted by Crippen LogP contribution is 2.38. The summed E-state index contributed by atoms with van der Waals surface area (Å²) in [5, 5.41) is 45.3. The average molecular weight is 606 g/mol. The Morgan fingerprint density at radius 3 is 2.12 bits per heavy atom. The summed E-state index contributed by atoms with van der Waals surface area (Å²) in [6.07, 6.45) is -5.26. The predicted octanol–water partition coefficient (Wildman–Crippen LogP) is 2.10. The van der Waals surface area contributed by atoms with Gasteiger partial charge in [-0.15, -0.1) is 0 Å². The first-order valence-corrected chi connectivity index (χ1v) is 15.4. The van der Waals surface area contributed by atoms with Crippen LogP contribution >= 0.6 is 0 Å². The van der Waals surface area contributed by atoms with Crippen molar-refractivity contribution in [2.24, 2.45) is 17.8 Å². The largest absolute Gasteiger partial charge is 0.459 e. The van der Waals surface area contributed by atoms with E-state index in [2.05, 4.69) is 0 Å². The van der Waals surface area contributed by atoms with Crippen molar-refractivity contribution in [3.8, 4) is 0 Å². The van der Waals surface area contributed by atoms with Gasteiger partial charge in [-0.25, -0.2) is 0 Å². The molecule has 4 N–H and O–H groups in total. The van der Waals surface area contributed by atoms with E-state index >= 15 is 0 Å². The van der Waals surface area contributed by atoms with Gasteiger partial charge in [-0.3, -0.25) is 4.79 Å². The van der Waals surface area contributed by atoms with Gasteiger partial charge in [-0.05, 0) is 67.3 Å². The smallest absolute Gasteiger partial charge is 0.311 e. The lowest BCUT2D eigenvalue weighted by Gasteiger charge is -2.47. The summed E-state index contributed by atoms with van der Waals surface area (Å²) in [6, 6.07) is -0.466. The third kappa shape index (κ3) is 8.03. The summed E-state index contributed by atoms with van der Waals surface area (Å²) < 4.78 is 30.0. The van der Waals surface area contributed by atoms with Crippen molar-refractivity contribution in [1.29, 1.82) is 0 Å². The van der Waals surface area contributed by atoms with Crippen LogP contribution in [0.4, 0.5) is 0 Å². The minimum atomic E-state index is -1.73. The Morgan fingerprint density at radius 2 is 1.60 bits per heavy atom. The van der Waals surface area contributed by atoms with Gasteiger partial charge in [0.25, 0.3) is 0 Å². The highest BCUT2D eigenvalue weighted by molar-refractivity contribution is 5.73. The monoisotopic (exact) mass is 605 g/mol. The molecule has 2 aliphatic rings. The van der Waals surface area contributed by atoms with E-state index in [1.807, 2.05) is 32.7 Å². The summed E-state index contributed by atoms with van der Waals surface area (Å²) in [7, 11) is 4.91. The fourth-order valence-electron chi connectivity index (χ4n) is 7.14. The van der Waals surface area contributed by atoms with E-state index in [1.165, 1.54) is 21.1 Å². The van der Waals surface area contributed by atoms with Crippen molar-refractivity contribution in [2.45, 2.75) is 147 Å². The summed E-state index contributed by atoms with van der Waals surface area (Å²) >= 11 is 0. The van der Waals surface area contributed by atoms with Gasteiger partial charge in [0.2, 0.25) is 0 Å². The molecule has 0 amide bonds. The molecule has 0 spiro atoms. The van der Waals surface area contributed by atoms with Gasteiger partial charge in [-0.1, -0.05) is 20.8 Å². The third-order valence-corrected chi connectivity index (χ3v) is 9.90. The number of esters is 1. The molecule has 2 saturated heterocycles. The number of carbonyl (C=O) groups is 1. The van der Waals surface area contributed by atoms with Gasteiger partial charge in [0.05, 0.1) is 35.4 Å². The lowest BCUT2D eigenvalue weighted by molar-refractivity contribution is -0.300. The molecule has 0 saturated carbocycles. The third-order valence-electron chi connectivity index (χ3n) is 9.90. The molecule has 0 bridgehead atoms. The average Bonchev–Trinajstić information content (AvgIpc) is 2.90. The minimum absolute atomic E-state index is 0.0114. The highest BCUT2D eigenvalue weighted by Gasteiger charge is 2.51. The van der Waals surface area contributed by atoms with Gasteiger partial charge in [0.1, 0.15) is 23.9 Å². The molecule has 0 aromatic carbocycles. The van der Waals surface area contributed by atoms with Crippen LogP contribution in [0.1, 0.15) is 81.6 Å². The quantitative estimate of drug-likeness (QED) is 0.342. The maximum Gasteiger partial charge on any atom is 0.311 e. The highest BCUT2D eigenvalue weighted by atomic mass is 16.7. The molecule has 1 unspecified atom stereocenters. The zero-order valence-electron chi connectivity index (χ0n) is 27.9. The van der Waals surface area contributed by atoms with E-state index in [-0.39, 0.29) is 18.8 Å². The molecule has 0 aliphatic carbocycles. The van der Waals surface area contributed by atoms with E-state index in [0.29, 0.717) is 13.0 Å². The standard InChI is InChI=1S/C31H59NO10/c1-13-22-31(9,37)25(33)20(5)32(10)16-17(2)14-29(7,36)27(38-11)18(3)24(19(4)28(35)41-22)42-23-15-30(8,39-12)26(34)21(6)40-23/h17-27,33-34,36-37H,13-16H2,1-12H3/t17-,18+,19-,20-,21+,22-,23?,24+,25-,26+,27-,29-,30-,31-/m1/s1. The molecule has 0 aromatic heterocycles. The molecule has 11 heteroatoms. The van der Waals surface area contributed by atoms with Crippen LogP contribution < -0.4 is 0 Å². The first-order valence-electron chi connectivity index (χ1n) is 15.4. The predicted molar refractivity (Wildman–Crippen MR) is 158 cm³/mol. The van der Waals surface area contributed by atoms with Crippen LogP contribution in [0, 0.1) is 17.8 Å². The lowest BCUT2D eigenvalue weighted by atomic mass is 9.78. The van der Waals surface area contributed by atoms with E-state index in [1.54, 1.807) is 34.6 Å². The second kappa shape index (κ2) is 14.5. The fourth-order valence-corrected chi connectivity index (χ4v) is 7.14. The maximum atomic E-state index is 13.8. The van der Waals surface area contributed by atoms with Crippen molar-refractivity contribution in [2.75, 3.05) is 27.8 Å². The van der Waals surface area contributed by atoms with Crippen molar-refractivity contribution >= 4 is 5.97 Å². The second-order valence-electron chi connectivity index (χ2n) is 13.7. The Hall–Kier alpha value is -0.890. The topological polar surface area (TPSA) is 147 Å². The molecule has 11 nitrogen and oxygen atoms in total. The summed E-state index contributed by atoms with van der Waals surface area (Å²) in [5.74, 6) is -2.03. The maximum absolute atomic E-state index is 13.8. The molecule has 42 heavy (non-hydrogen) atoms. The fraction of sp³-hybridized carbons (Fsp3) is 0.968. The number of hydrogen-bond donors (Lipinski definition) is 4. The molecule has 0 radical (unpaired) electrons. The number of nitrogens with zero attached hydrogens (tertiary/aromatic N) is 1. The van der Waals surface area contributed by atoms with Crippen LogP contribution in [0.5, 0.6) is 0 Å².